The predicted octanol–water partition coefficient (Wildman–Crippen LogP) is 3.79. The van der Waals surface area contributed by atoms with Crippen molar-refractivity contribution in [3.8, 4) is 5.75 Å². The summed E-state index contributed by atoms with van der Waals surface area (Å²) in [6, 6.07) is 12.2. The molecule has 32 heavy (non-hydrogen) atoms. The minimum Gasteiger partial charge on any atom is -0.492 e. The van der Waals surface area contributed by atoms with E-state index in [0.717, 1.165) is 60.6 Å². The molecule has 3 N–H and O–H groups in total. The number of benzene rings is 2. The van der Waals surface area contributed by atoms with Gasteiger partial charge in [-0.15, -0.1) is 0 Å². The van der Waals surface area contributed by atoms with Crippen molar-refractivity contribution in [1.82, 2.24) is 9.88 Å². The first-order valence-electron chi connectivity index (χ1n) is 11.2. The standard InChI is InChI=1S/C25H31N5O2/c1-4-17-6-8-18(9-7-17)28-24-19-14-22(30-12-10-29(3)11-13-30)23(32-5-2)15-21(19)27-16-20(24)25(26)31/h6-9,14-16H,4-5,10-13H2,1-3H3,(H2,26,31)(H,27,28). The van der Waals surface area contributed by atoms with Crippen LogP contribution in [0.5, 0.6) is 5.75 Å². The van der Waals surface area contributed by atoms with Crippen LogP contribution in [0.25, 0.3) is 10.9 Å². The van der Waals surface area contributed by atoms with Crippen LogP contribution in [-0.4, -0.2) is 55.6 Å². The summed E-state index contributed by atoms with van der Waals surface area (Å²) >= 11 is 0. The number of aryl methyl sites for hydroxylation is 1. The van der Waals surface area contributed by atoms with E-state index >= 15 is 0 Å². The SMILES string of the molecule is CCOc1cc2ncc(C(N)=O)c(Nc3ccc(CC)cc3)c2cc1N1CCN(C)CC1. The van der Waals surface area contributed by atoms with Crippen molar-refractivity contribution in [1.29, 1.82) is 0 Å². The van der Waals surface area contributed by atoms with Crippen LogP contribution in [-0.2, 0) is 6.42 Å². The molecular formula is C25H31N5O2. The maximum Gasteiger partial charge on any atom is 0.252 e. The van der Waals surface area contributed by atoms with E-state index in [4.69, 9.17) is 10.5 Å². The number of anilines is 3. The molecule has 0 saturated carbocycles. The molecule has 168 valence electrons. The normalized spacial score (nSPS) is 14.5. The number of likely N-dealkylation sites (N-methyl/N-ethyl adjacent to an activating group) is 1. The van der Waals surface area contributed by atoms with Gasteiger partial charge in [-0.1, -0.05) is 19.1 Å². The second-order valence-electron chi connectivity index (χ2n) is 8.15. The number of primary amides is 1. The summed E-state index contributed by atoms with van der Waals surface area (Å²) < 4.78 is 5.98. The Morgan fingerprint density at radius 2 is 1.84 bits per heavy atom. The summed E-state index contributed by atoms with van der Waals surface area (Å²) in [4.78, 5) is 21.4. The number of carbonyl (C=O) groups excluding carboxylic acids is 1. The topological polar surface area (TPSA) is 83.7 Å². The second-order valence-corrected chi connectivity index (χ2v) is 8.15. The van der Waals surface area contributed by atoms with E-state index in [1.54, 1.807) is 6.20 Å². The van der Waals surface area contributed by atoms with Gasteiger partial charge in [-0.05, 0) is 44.2 Å². The number of ether oxygens (including phenoxy) is 1. The van der Waals surface area contributed by atoms with Gasteiger partial charge in [0.25, 0.3) is 5.91 Å². The molecule has 0 aliphatic carbocycles. The van der Waals surface area contributed by atoms with Gasteiger partial charge in [0.1, 0.15) is 5.75 Å². The molecule has 1 amide bonds. The number of rotatable bonds is 7. The summed E-state index contributed by atoms with van der Waals surface area (Å²) in [5.41, 5.74) is 10.7. The Hall–Kier alpha value is -3.32. The molecule has 0 radical (unpaired) electrons. The third-order valence-corrected chi connectivity index (χ3v) is 5.99. The number of pyridine rings is 1. The molecule has 7 nitrogen and oxygen atoms in total. The highest BCUT2D eigenvalue weighted by Crippen LogP contribution is 2.38. The fourth-order valence-corrected chi connectivity index (χ4v) is 4.06. The average Bonchev–Trinajstić information content (AvgIpc) is 2.80. The van der Waals surface area contributed by atoms with Crippen LogP contribution in [0.4, 0.5) is 17.1 Å². The lowest BCUT2D eigenvalue weighted by atomic mass is 10.1. The molecule has 2 heterocycles. The highest BCUT2D eigenvalue weighted by Gasteiger charge is 2.21. The number of fused-ring (bicyclic) bond motifs is 1. The zero-order valence-electron chi connectivity index (χ0n) is 19.0. The summed E-state index contributed by atoms with van der Waals surface area (Å²) in [5, 5.41) is 4.27. The van der Waals surface area contributed by atoms with Gasteiger partial charge in [0.05, 0.1) is 29.1 Å². The molecule has 1 saturated heterocycles. The summed E-state index contributed by atoms with van der Waals surface area (Å²) in [6.07, 6.45) is 2.51. The van der Waals surface area contributed by atoms with Crippen LogP contribution in [0.3, 0.4) is 0 Å². The van der Waals surface area contributed by atoms with Gasteiger partial charge in [-0.3, -0.25) is 9.78 Å². The molecule has 3 aromatic rings. The van der Waals surface area contributed by atoms with Gasteiger partial charge in [-0.25, -0.2) is 0 Å². The van der Waals surface area contributed by atoms with Crippen LogP contribution in [0.1, 0.15) is 29.8 Å². The van der Waals surface area contributed by atoms with Gasteiger partial charge in [-0.2, -0.15) is 0 Å². The number of piperazine rings is 1. The largest absolute Gasteiger partial charge is 0.492 e. The third-order valence-electron chi connectivity index (χ3n) is 5.99. The van der Waals surface area contributed by atoms with Crippen molar-refractivity contribution in [2.75, 3.05) is 50.1 Å². The van der Waals surface area contributed by atoms with Crippen molar-refractivity contribution in [3.63, 3.8) is 0 Å². The quantitative estimate of drug-likeness (QED) is 0.590. The Morgan fingerprint density at radius 3 is 2.47 bits per heavy atom. The lowest BCUT2D eigenvalue weighted by molar-refractivity contribution is 0.100. The van der Waals surface area contributed by atoms with Gasteiger partial charge < -0.3 is 25.6 Å². The second kappa shape index (κ2) is 9.44. The van der Waals surface area contributed by atoms with E-state index in [2.05, 4.69) is 52.3 Å². The van der Waals surface area contributed by atoms with Crippen LogP contribution in [0.15, 0.2) is 42.6 Å². The van der Waals surface area contributed by atoms with Gasteiger partial charge in [0.2, 0.25) is 0 Å². The molecule has 7 heteroatoms. The molecule has 0 unspecified atom stereocenters. The molecular weight excluding hydrogens is 402 g/mol. The first-order valence-corrected chi connectivity index (χ1v) is 11.2. The fraction of sp³-hybridized carbons (Fsp3) is 0.360. The number of hydrogen-bond donors (Lipinski definition) is 2. The molecule has 2 aromatic carbocycles. The highest BCUT2D eigenvalue weighted by molar-refractivity contribution is 6.08. The van der Waals surface area contributed by atoms with Crippen LogP contribution in [0.2, 0.25) is 0 Å². The van der Waals surface area contributed by atoms with E-state index in [1.165, 1.54) is 5.56 Å². The van der Waals surface area contributed by atoms with Crippen molar-refractivity contribution in [3.05, 3.63) is 53.7 Å². The van der Waals surface area contributed by atoms with Crippen LogP contribution in [0, 0.1) is 0 Å². The van der Waals surface area contributed by atoms with Gasteiger partial charge >= 0.3 is 0 Å². The molecule has 1 aliphatic heterocycles. The first-order chi connectivity index (χ1) is 15.5. The molecule has 1 aliphatic rings. The Balaban J connectivity index is 1.84. The number of amides is 1. The van der Waals surface area contributed by atoms with E-state index < -0.39 is 5.91 Å². The number of aromatic nitrogens is 1. The molecule has 0 spiro atoms. The molecule has 1 aromatic heterocycles. The number of carbonyl (C=O) groups is 1. The lowest BCUT2D eigenvalue weighted by Crippen LogP contribution is -2.44. The average molecular weight is 434 g/mol. The summed E-state index contributed by atoms with van der Waals surface area (Å²) in [7, 11) is 2.14. The van der Waals surface area contributed by atoms with E-state index in [9.17, 15) is 4.79 Å². The zero-order valence-corrected chi connectivity index (χ0v) is 19.0. The molecule has 0 atom stereocenters. The minimum atomic E-state index is -0.512. The fourth-order valence-electron chi connectivity index (χ4n) is 4.06. The van der Waals surface area contributed by atoms with Crippen molar-refractivity contribution in [2.45, 2.75) is 20.3 Å². The lowest BCUT2D eigenvalue weighted by Gasteiger charge is -2.35. The van der Waals surface area contributed by atoms with Crippen LogP contribution < -0.4 is 20.7 Å². The minimum absolute atomic E-state index is 0.366. The predicted molar refractivity (Wildman–Crippen MR) is 130 cm³/mol. The van der Waals surface area contributed by atoms with Gasteiger partial charge in [0, 0.05) is 49.5 Å². The third kappa shape index (κ3) is 4.48. The summed E-state index contributed by atoms with van der Waals surface area (Å²) in [6.45, 7) is 8.46. The monoisotopic (exact) mass is 433 g/mol. The smallest absolute Gasteiger partial charge is 0.252 e. The van der Waals surface area contributed by atoms with Crippen molar-refractivity contribution < 1.29 is 9.53 Å². The Kier molecular flexibility index (Phi) is 6.46. The molecule has 4 rings (SSSR count). The Morgan fingerprint density at radius 1 is 1.12 bits per heavy atom. The Labute approximate surface area is 189 Å². The maximum absolute atomic E-state index is 12.2. The van der Waals surface area contributed by atoms with E-state index in [0.29, 0.717) is 17.9 Å². The highest BCUT2D eigenvalue weighted by atomic mass is 16.5. The van der Waals surface area contributed by atoms with Gasteiger partial charge in [0.15, 0.2) is 0 Å². The van der Waals surface area contributed by atoms with E-state index in [1.807, 2.05) is 25.1 Å². The number of nitrogens with two attached hydrogens (primary N) is 1. The zero-order chi connectivity index (χ0) is 22.7. The maximum atomic E-state index is 12.2. The number of hydrogen-bond acceptors (Lipinski definition) is 6. The van der Waals surface area contributed by atoms with Crippen molar-refractivity contribution in [2.24, 2.45) is 5.73 Å². The van der Waals surface area contributed by atoms with Crippen LogP contribution >= 0.6 is 0 Å². The van der Waals surface area contributed by atoms with E-state index in [-0.39, 0.29) is 0 Å². The summed E-state index contributed by atoms with van der Waals surface area (Å²) in [5.74, 6) is 0.296. The molecule has 0 bridgehead atoms. The number of nitrogens with one attached hydrogen (secondary N) is 1. The Bertz CT molecular complexity index is 1110. The number of nitrogens with zero attached hydrogens (tertiary/aromatic N) is 3. The van der Waals surface area contributed by atoms with Crippen molar-refractivity contribution >= 4 is 33.9 Å². The first kappa shape index (κ1) is 21.9. The molecule has 1 fully saturated rings.